The van der Waals surface area contributed by atoms with Crippen LogP contribution in [-0.4, -0.2) is 47.5 Å². The lowest BCUT2D eigenvalue weighted by atomic mass is 9.89. The second-order valence-corrected chi connectivity index (χ2v) is 7.67. The van der Waals surface area contributed by atoms with Gasteiger partial charge in [0.2, 0.25) is 0 Å². The molecule has 1 aromatic carbocycles. The molecule has 0 atom stereocenters. The highest BCUT2D eigenvalue weighted by molar-refractivity contribution is 6.12. The molecule has 1 aromatic rings. The number of nitrogens with zero attached hydrogens (tertiary/aromatic N) is 3. The van der Waals surface area contributed by atoms with Gasteiger partial charge in [-0.15, -0.1) is 0 Å². The molecular weight excluding hydrogens is 314 g/mol. The molecule has 1 saturated heterocycles. The zero-order chi connectivity index (χ0) is 17.2. The molecule has 3 aliphatic rings. The van der Waals surface area contributed by atoms with Gasteiger partial charge in [-0.05, 0) is 43.7 Å². The first-order chi connectivity index (χ1) is 12.2. The standard InChI is InChI=1S/C20H27N3O2/c24-19-14-22(18-9-5-2-6-10-18)20(25)23(19)15-21(17-11-12-17)13-16-7-3-1-4-8-16/h2,5-6,9-10,16-17H,1,3-4,7-8,11-15H2. The van der Waals surface area contributed by atoms with Crippen molar-refractivity contribution in [3.05, 3.63) is 30.3 Å². The van der Waals surface area contributed by atoms with Gasteiger partial charge in [-0.2, -0.15) is 0 Å². The molecule has 0 spiro atoms. The van der Waals surface area contributed by atoms with E-state index in [1.54, 1.807) is 4.90 Å². The van der Waals surface area contributed by atoms with E-state index in [1.807, 2.05) is 30.3 Å². The Labute approximate surface area is 149 Å². The smallest absolute Gasteiger partial charge is 0.285 e. The van der Waals surface area contributed by atoms with Crippen molar-refractivity contribution in [3.8, 4) is 0 Å². The SMILES string of the molecule is O=C1CN(c2ccccc2)C(=O)N1CN(CC1CCCCC1)C1CC1. The summed E-state index contributed by atoms with van der Waals surface area (Å²) in [5.41, 5.74) is 0.800. The van der Waals surface area contributed by atoms with E-state index in [1.165, 1.54) is 49.8 Å². The molecule has 1 aliphatic heterocycles. The first-order valence-corrected chi connectivity index (χ1v) is 9.63. The molecule has 25 heavy (non-hydrogen) atoms. The van der Waals surface area contributed by atoms with Crippen molar-refractivity contribution in [2.45, 2.75) is 51.0 Å². The van der Waals surface area contributed by atoms with Crippen LogP contribution in [0.15, 0.2) is 30.3 Å². The first-order valence-electron chi connectivity index (χ1n) is 9.63. The summed E-state index contributed by atoms with van der Waals surface area (Å²) in [6, 6.07) is 9.87. The molecule has 3 fully saturated rings. The first kappa shape index (κ1) is 16.6. The topological polar surface area (TPSA) is 43.9 Å². The molecule has 4 rings (SSSR count). The van der Waals surface area contributed by atoms with Crippen LogP contribution in [0.25, 0.3) is 0 Å². The van der Waals surface area contributed by atoms with E-state index in [0.29, 0.717) is 12.7 Å². The highest BCUT2D eigenvalue weighted by Crippen LogP contribution is 2.32. The van der Waals surface area contributed by atoms with Crippen LogP contribution < -0.4 is 4.90 Å². The van der Waals surface area contributed by atoms with Gasteiger partial charge in [0.1, 0.15) is 6.54 Å². The Hall–Kier alpha value is -1.88. The number of anilines is 1. The average molecular weight is 341 g/mol. The van der Waals surface area contributed by atoms with Crippen molar-refractivity contribution < 1.29 is 9.59 Å². The van der Waals surface area contributed by atoms with Crippen molar-refractivity contribution in [1.29, 1.82) is 0 Å². The van der Waals surface area contributed by atoms with Crippen molar-refractivity contribution in [3.63, 3.8) is 0 Å². The Balaban J connectivity index is 1.43. The molecule has 0 unspecified atom stereocenters. The van der Waals surface area contributed by atoms with E-state index < -0.39 is 0 Å². The number of imide groups is 1. The van der Waals surface area contributed by atoms with Gasteiger partial charge in [0.15, 0.2) is 0 Å². The fraction of sp³-hybridized carbons (Fsp3) is 0.600. The molecule has 2 saturated carbocycles. The largest absolute Gasteiger partial charge is 0.332 e. The molecule has 5 nitrogen and oxygen atoms in total. The fourth-order valence-electron chi connectivity index (χ4n) is 4.13. The van der Waals surface area contributed by atoms with Crippen LogP contribution in [0.3, 0.4) is 0 Å². The van der Waals surface area contributed by atoms with Crippen LogP contribution in [0.5, 0.6) is 0 Å². The van der Waals surface area contributed by atoms with Gasteiger partial charge >= 0.3 is 6.03 Å². The Morgan fingerprint density at radius 3 is 2.36 bits per heavy atom. The predicted molar refractivity (Wildman–Crippen MR) is 97.2 cm³/mol. The minimum Gasteiger partial charge on any atom is -0.285 e. The number of urea groups is 1. The van der Waals surface area contributed by atoms with Crippen molar-refractivity contribution in [1.82, 2.24) is 9.80 Å². The molecule has 0 N–H and O–H groups in total. The van der Waals surface area contributed by atoms with Crippen LogP contribution in [0, 0.1) is 5.92 Å². The third-order valence-corrected chi connectivity index (χ3v) is 5.73. The minimum absolute atomic E-state index is 0.0804. The molecule has 134 valence electrons. The summed E-state index contributed by atoms with van der Waals surface area (Å²) in [5, 5.41) is 0. The lowest BCUT2D eigenvalue weighted by Crippen LogP contribution is -2.45. The van der Waals surface area contributed by atoms with Gasteiger partial charge in [-0.25, -0.2) is 9.69 Å². The molecule has 0 aromatic heterocycles. The number of hydrogen-bond acceptors (Lipinski definition) is 3. The van der Waals surface area contributed by atoms with Crippen molar-refractivity contribution in [2.24, 2.45) is 5.92 Å². The van der Waals surface area contributed by atoms with E-state index in [2.05, 4.69) is 4.90 Å². The predicted octanol–water partition coefficient (Wildman–Crippen LogP) is 3.46. The van der Waals surface area contributed by atoms with Gasteiger partial charge in [0.05, 0.1) is 6.67 Å². The third-order valence-electron chi connectivity index (χ3n) is 5.73. The number of benzene rings is 1. The number of hydrogen-bond donors (Lipinski definition) is 0. The van der Waals surface area contributed by atoms with Gasteiger partial charge in [-0.1, -0.05) is 37.5 Å². The minimum atomic E-state index is -0.175. The molecule has 1 heterocycles. The summed E-state index contributed by atoms with van der Waals surface area (Å²) in [6.07, 6.45) is 8.99. The Morgan fingerprint density at radius 2 is 1.68 bits per heavy atom. The Morgan fingerprint density at radius 1 is 0.960 bits per heavy atom. The molecular formula is C20H27N3O2. The van der Waals surface area contributed by atoms with Crippen LogP contribution >= 0.6 is 0 Å². The average Bonchev–Trinajstić information content (AvgIpc) is 3.45. The summed E-state index contributed by atoms with van der Waals surface area (Å²) in [6.45, 7) is 1.65. The fourth-order valence-corrected chi connectivity index (χ4v) is 4.13. The van der Waals surface area contributed by atoms with E-state index >= 15 is 0 Å². The van der Waals surface area contributed by atoms with Gasteiger partial charge in [0.25, 0.3) is 5.91 Å². The molecule has 2 aliphatic carbocycles. The van der Waals surface area contributed by atoms with Gasteiger partial charge < -0.3 is 0 Å². The van der Waals surface area contributed by atoms with Crippen LogP contribution in [0.2, 0.25) is 0 Å². The van der Waals surface area contributed by atoms with Crippen molar-refractivity contribution >= 4 is 17.6 Å². The van der Waals surface area contributed by atoms with E-state index in [9.17, 15) is 9.59 Å². The second kappa shape index (κ2) is 7.16. The maximum absolute atomic E-state index is 12.8. The maximum atomic E-state index is 12.8. The summed E-state index contributed by atoms with van der Waals surface area (Å²) in [5.74, 6) is 0.649. The van der Waals surface area contributed by atoms with E-state index in [-0.39, 0.29) is 18.5 Å². The highest BCUT2D eigenvalue weighted by Gasteiger charge is 2.40. The molecule has 3 amide bonds. The molecule has 0 bridgehead atoms. The molecule has 0 radical (unpaired) electrons. The summed E-state index contributed by atoms with van der Waals surface area (Å²) in [7, 11) is 0. The van der Waals surface area contributed by atoms with E-state index in [0.717, 1.165) is 18.2 Å². The number of para-hydroxylation sites is 1. The summed E-state index contributed by atoms with van der Waals surface area (Å²) in [4.78, 5) is 30.7. The third kappa shape index (κ3) is 3.71. The normalized spacial score (nSPS) is 22.3. The molecule has 5 heteroatoms. The van der Waals surface area contributed by atoms with E-state index in [4.69, 9.17) is 0 Å². The summed E-state index contributed by atoms with van der Waals surface area (Å²) < 4.78 is 0. The number of carbonyl (C=O) groups excluding carboxylic acids is 2. The number of amides is 3. The van der Waals surface area contributed by atoms with Crippen LogP contribution in [0.4, 0.5) is 10.5 Å². The van der Waals surface area contributed by atoms with Crippen molar-refractivity contribution in [2.75, 3.05) is 24.7 Å². The summed E-state index contributed by atoms with van der Waals surface area (Å²) >= 11 is 0. The van der Waals surface area contributed by atoms with Crippen LogP contribution in [0.1, 0.15) is 44.9 Å². The quantitative estimate of drug-likeness (QED) is 0.744. The second-order valence-electron chi connectivity index (χ2n) is 7.67. The van der Waals surface area contributed by atoms with Gasteiger partial charge in [0, 0.05) is 18.3 Å². The Bertz CT molecular complexity index is 623. The monoisotopic (exact) mass is 341 g/mol. The maximum Gasteiger partial charge on any atom is 0.332 e. The van der Waals surface area contributed by atoms with Gasteiger partial charge in [-0.3, -0.25) is 14.6 Å². The van der Waals surface area contributed by atoms with Crippen LogP contribution in [-0.2, 0) is 4.79 Å². The number of rotatable bonds is 6. The zero-order valence-electron chi connectivity index (χ0n) is 14.8. The lowest BCUT2D eigenvalue weighted by molar-refractivity contribution is -0.126. The zero-order valence-corrected chi connectivity index (χ0v) is 14.8. The lowest BCUT2D eigenvalue weighted by Gasteiger charge is -2.32. The Kier molecular flexibility index (Phi) is 4.75. The number of carbonyl (C=O) groups is 2. The highest BCUT2D eigenvalue weighted by atomic mass is 16.2.